The van der Waals surface area contributed by atoms with Crippen LogP contribution in [0.5, 0.6) is 0 Å². The maximum Gasteiger partial charge on any atom is 0.274 e. The van der Waals surface area contributed by atoms with Crippen LogP contribution < -0.4 is 0 Å². The van der Waals surface area contributed by atoms with E-state index in [0.717, 1.165) is 13.2 Å². The Morgan fingerprint density at radius 2 is 1.60 bits per heavy atom. The highest BCUT2D eigenvalue weighted by Crippen LogP contribution is 2.41. The maximum absolute atomic E-state index is 5.61. The summed E-state index contributed by atoms with van der Waals surface area (Å²) in [5, 5.41) is 0. The Morgan fingerprint density at radius 3 is 2.07 bits per heavy atom. The van der Waals surface area contributed by atoms with Gasteiger partial charge in [-0.3, -0.25) is 0 Å². The summed E-state index contributed by atoms with van der Waals surface area (Å²) in [5.74, 6) is 0.706. The van der Waals surface area contributed by atoms with E-state index in [4.69, 9.17) is 9.47 Å². The molecule has 1 saturated heterocycles. The molecule has 15 heavy (non-hydrogen) atoms. The second-order valence-corrected chi connectivity index (χ2v) is 4.63. The van der Waals surface area contributed by atoms with E-state index in [1.165, 1.54) is 25.7 Å². The van der Waals surface area contributed by atoms with Crippen molar-refractivity contribution in [1.29, 1.82) is 0 Å². The summed E-state index contributed by atoms with van der Waals surface area (Å²) in [5.41, 5.74) is 1.89. The molecule has 2 nitrogen and oxygen atoms in total. The summed E-state index contributed by atoms with van der Waals surface area (Å²) in [6.07, 6.45) is 9.01. The minimum absolute atomic E-state index is 0.291. The molecule has 0 radical (unpaired) electrons. The topological polar surface area (TPSA) is 18.5 Å². The second-order valence-electron chi connectivity index (χ2n) is 4.63. The van der Waals surface area contributed by atoms with Gasteiger partial charge >= 0.3 is 0 Å². The van der Waals surface area contributed by atoms with Gasteiger partial charge in [0.15, 0.2) is 0 Å². The Balaban J connectivity index is 1.94. The number of allylic oxidation sites excluding steroid dienone is 3. The molecule has 1 aliphatic heterocycles. The summed E-state index contributed by atoms with van der Waals surface area (Å²) in [7, 11) is 0. The first kappa shape index (κ1) is 10.6. The van der Waals surface area contributed by atoms with Crippen LogP contribution >= 0.6 is 0 Å². The van der Waals surface area contributed by atoms with Crippen molar-refractivity contribution < 1.29 is 9.47 Å². The Kier molecular flexibility index (Phi) is 3.03. The monoisotopic (exact) mass is 208 g/mol. The third kappa shape index (κ3) is 2.19. The third-order valence-corrected chi connectivity index (χ3v) is 3.64. The molecule has 1 saturated carbocycles. The van der Waals surface area contributed by atoms with Crippen molar-refractivity contribution >= 4 is 0 Å². The zero-order chi connectivity index (χ0) is 10.7. The third-order valence-electron chi connectivity index (χ3n) is 3.64. The molecule has 0 aromatic carbocycles. The summed E-state index contributed by atoms with van der Waals surface area (Å²) in [6.45, 7) is 5.76. The highest BCUT2D eigenvalue weighted by Gasteiger charge is 2.38. The molecule has 0 bridgehead atoms. The van der Waals surface area contributed by atoms with Crippen molar-refractivity contribution in [2.75, 3.05) is 13.2 Å². The van der Waals surface area contributed by atoms with Gasteiger partial charge in [0.25, 0.3) is 5.95 Å². The van der Waals surface area contributed by atoms with Gasteiger partial charge < -0.3 is 9.47 Å². The predicted molar refractivity (Wildman–Crippen MR) is 60.3 cm³/mol. The van der Waals surface area contributed by atoms with E-state index in [0.29, 0.717) is 11.4 Å². The van der Waals surface area contributed by atoms with E-state index in [9.17, 15) is 0 Å². The predicted octanol–water partition coefficient (Wildman–Crippen LogP) is 3.40. The van der Waals surface area contributed by atoms with Gasteiger partial charge in [-0.2, -0.15) is 0 Å². The minimum atomic E-state index is 0.291. The van der Waals surface area contributed by atoms with Gasteiger partial charge in [0.1, 0.15) is 13.2 Å². The van der Waals surface area contributed by atoms with Crippen LogP contribution in [0, 0.1) is 5.41 Å². The van der Waals surface area contributed by atoms with Crippen LogP contribution in [0.3, 0.4) is 0 Å². The maximum atomic E-state index is 5.61. The molecule has 0 atom stereocenters. The molecule has 2 aliphatic rings. The van der Waals surface area contributed by atoms with E-state index < -0.39 is 0 Å². The van der Waals surface area contributed by atoms with Gasteiger partial charge in [-0.05, 0) is 45.6 Å². The average Bonchev–Trinajstić information content (AvgIpc) is 2.31. The van der Waals surface area contributed by atoms with Crippen molar-refractivity contribution in [2.24, 2.45) is 5.41 Å². The van der Waals surface area contributed by atoms with Crippen LogP contribution in [0.4, 0.5) is 0 Å². The number of hydrogen-bond donors (Lipinski definition) is 0. The lowest BCUT2D eigenvalue weighted by atomic mass is 9.73. The summed E-state index contributed by atoms with van der Waals surface area (Å²) < 4.78 is 11.2. The first-order chi connectivity index (χ1) is 7.28. The van der Waals surface area contributed by atoms with Gasteiger partial charge in [0, 0.05) is 5.41 Å². The SMILES string of the molecule is CC=C1CCC2(CC1)COC(=CC)OC2. The van der Waals surface area contributed by atoms with Gasteiger partial charge in [0.2, 0.25) is 0 Å². The van der Waals surface area contributed by atoms with E-state index >= 15 is 0 Å². The molecule has 1 heterocycles. The van der Waals surface area contributed by atoms with Crippen LogP contribution in [0.15, 0.2) is 23.7 Å². The van der Waals surface area contributed by atoms with E-state index in [2.05, 4.69) is 13.0 Å². The van der Waals surface area contributed by atoms with Gasteiger partial charge in [-0.1, -0.05) is 11.6 Å². The lowest BCUT2D eigenvalue weighted by molar-refractivity contribution is -0.110. The zero-order valence-electron chi connectivity index (χ0n) is 9.71. The van der Waals surface area contributed by atoms with Crippen LogP contribution in [0.2, 0.25) is 0 Å². The standard InChI is InChI=1S/C13H20O2/c1-3-11-5-7-13(8-6-11)9-14-12(4-2)15-10-13/h3-4H,5-10H2,1-2H3. The lowest BCUT2D eigenvalue weighted by Gasteiger charge is -2.41. The number of rotatable bonds is 0. The first-order valence-electron chi connectivity index (χ1n) is 5.84. The minimum Gasteiger partial charge on any atom is -0.465 e. The average molecular weight is 208 g/mol. The fourth-order valence-corrected chi connectivity index (χ4v) is 2.38. The summed E-state index contributed by atoms with van der Waals surface area (Å²) >= 11 is 0. The lowest BCUT2D eigenvalue weighted by Crippen LogP contribution is -2.38. The van der Waals surface area contributed by atoms with Crippen LogP contribution in [-0.4, -0.2) is 13.2 Å². The van der Waals surface area contributed by atoms with Crippen molar-refractivity contribution in [2.45, 2.75) is 39.5 Å². The van der Waals surface area contributed by atoms with Crippen LogP contribution in [0.1, 0.15) is 39.5 Å². The highest BCUT2D eigenvalue weighted by atomic mass is 16.7. The van der Waals surface area contributed by atoms with E-state index in [1.54, 1.807) is 5.57 Å². The molecule has 2 heteroatoms. The molecule has 0 N–H and O–H groups in total. The van der Waals surface area contributed by atoms with Crippen LogP contribution in [0.25, 0.3) is 0 Å². The molecule has 1 aliphatic carbocycles. The smallest absolute Gasteiger partial charge is 0.274 e. The van der Waals surface area contributed by atoms with Gasteiger partial charge in [0.05, 0.1) is 0 Å². The van der Waals surface area contributed by atoms with Crippen molar-refractivity contribution in [3.05, 3.63) is 23.7 Å². The summed E-state index contributed by atoms with van der Waals surface area (Å²) in [6, 6.07) is 0. The Morgan fingerprint density at radius 1 is 1.00 bits per heavy atom. The molecule has 1 spiro atoms. The Hall–Kier alpha value is -0.920. The second kappa shape index (κ2) is 4.30. The Bertz CT molecular complexity index is 235. The molecule has 0 amide bonds. The molecule has 2 rings (SSSR count). The highest BCUT2D eigenvalue weighted by molar-refractivity contribution is 5.07. The number of hydrogen-bond acceptors (Lipinski definition) is 2. The molecular weight excluding hydrogens is 188 g/mol. The van der Waals surface area contributed by atoms with E-state index in [1.807, 2.05) is 13.0 Å². The summed E-state index contributed by atoms with van der Waals surface area (Å²) in [4.78, 5) is 0. The molecule has 0 aromatic heterocycles. The number of ether oxygens (including phenoxy) is 2. The quantitative estimate of drug-likeness (QED) is 0.568. The largest absolute Gasteiger partial charge is 0.465 e. The fraction of sp³-hybridized carbons (Fsp3) is 0.692. The van der Waals surface area contributed by atoms with Gasteiger partial charge in [-0.25, -0.2) is 0 Å². The van der Waals surface area contributed by atoms with Gasteiger partial charge in [-0.15, -0.1) is 0 Å². The Labute approximate surface area is 92.0 Å². The first-order valence-corrected chi connectivity index (χ1v) is 5.84. The van der Waals surface area contributed by atoms with Crippen LogP contribution in [-0.2, 0) is 9.47 Å². The fourth-order valence-electron chi connectivity index (χ4n) is 2.38. The molecule has 2 fully saturated rings. The normalized spacial score (nSPS) is 30.8. The molecule has 0 unspecified atom stereocenters. The molecule has 0 aromatic rings. The van der Waals surface area contributed by atoms with E-state index in [-0.39, 0.29) is 0 Å². The molecule has 84 valence electrons. The van der Waals surface area contributed by atoms with Crippen molar-refractivity contribution in [1.82, 2.24) is 0 Å². The molecular formula is C13H20O2. The van der Waals surface area contributed by atoms with Crippen molar-refractivity contribution in [3.8, 4) is 0 Å². The van der Waals surface area contributed by atoms with Crippen molar-refractivity contribution in [3.63, 3.8) is 0 Å². The zero-order valence-corrected chi connectivity index (χ0v) is 9.71.